The molecule has 3 heterocycles. The number of rotatable bonds is 9. The normalized spacial score (nSPS) is 16.3. The topological polar surface area (TPSA) is 110 Å². The maximum Gasteiger partial charge on any atom is 0.407 e. The lowest BCUT2D eigenvalue weighted by molar-refractivity contribution is -0.0367. The van der Waals surface area contributed by atoms with Crippen LogP contribution in [0.2, 0.25) is 16.6 Å². The summed E-state index contributed by atoms with van der Waals surface area (Å²) in [4.78, 5) is 24.6. The van der Waals surface area contributed by atoms with E-state index in [2.05, 4.69) is 69.5 Å². The lowest BCUT2D eigenvalue weighted by atomic mass is 10.1. The predicted molar refractivity (Wildman–Crippen MR) is 188 cm³/mol. The molecule has 2 aromatic heterocycles. The Morgan fingerprint density at radius 3 is 2.32 bits per heavy atom. The summed E-state index contributed by atoms with van der Waals surface area (Å²) in [5, 5.41) is 13.2. The van der Waals surface area contributed by atoms with E-state index in [1.807, 2.05) is 44.5 Å². The molecule has 1 saturated heterocycles. The van der Waals surface area contributed by atoms with Gasteiger partial charge < -0.3 is 19.5 Å². The van der Waals surface area contributed by atoms with Gasteiger partial charge in [-0.1, -0.05) is 53.5 Å². The van der Waals surface area contributed by atoms with E-state index in [0.29, 0.717) is 34.7 Å². The van der Waals surface area contributed by atoms with Gasteiger partial charge in [0.1, 0.15) is 25.5 Å². The maximum absolute atomic E-state index is 12.4. The van der Waals surface area contributed by atoms with Crippen LogP contribution in [-0.2, 0) is 9.47 Å². The fourth-order valence-electron chi connectivity index (χ4n) is 6.72. The maximum atomic E-state index is 12.4. The van der Waals surface area contributed by atoms with Crippen LogP contribution in [0.25, 0.3) is 22.0 Å². The number of carbonyl (C=O) groups excluding carboxylic acids is 2. The molecule has 1 fully saturated rings. The first-order valence-electron chi connectivity index (χ1n) is 16.9. The molecule has 256 valence electrons. The minimum Gasteiger partial charge on any atom is -0.471 e. The van der Waals surface area contributed by atoms with Gasteiger partial charge in [0, 0.05) is 25.1 Å². The molecule has 2 unspecified atom stereocenters. The Morgan fingerprint density at radius 2 is 1.74 bits per heavy atom. The van der Waals surface area contributed by atoms with Gasteiger partial charge in [-0.2, -0.15) is 5.10 Å². The zero-order valence-corrected chi connectivity index (χ0v) is 31.1. The van der Waals surface area contributed by atoms with Crippen LogP contribution in [0, 0.1) is 11.5 Å². The van der Waals surface area contributed by atoms with Gasteiger partial charge in [-0.25, -0.2) is 14.2 Å². The first-order valence-corrected chi connectivity index (χ1v) is 19.2. The summed E-state index contributed by atoms with van der Waals surface area (Å²) in [6.45, 7) is 23.5. The molecule has 0 spiro atoms. The molecule has 1 amide bonds. The molecule has 0 saturated carbocycles. The summed E-state index contributed by atoms with van der Waals surface area (Å²) in [6, 6.07) is 6.10. The van der Waals surface area contributed by atoms with E-state index in [-0.39, 0.29) is 18.7 Å². The van der Waals surface area contributed by atoms with E-state index >= 15 is 0 Å². The van der Waals surface area contributed by atoms with Crippen LogP contribution in [0.15, 0.2) is 24.4 Å². The monoisotopic (exact) mass is 663 g/mol. The zero-order valence-electron chi connectivity index (χ0n) is 30.1. The summed E-state index contributed by atoms with van der Waals surface area (Å²) in [5.74, 6) is 3.64. The quantitative estimate of drug-likeness (QED) is 0.182. The Bertz CT molecular complexity index is 1610. The van der Waals surface area contributed by atoms with Gasteiger partial charge >= 0.3 is 6.09 Å². The fraction of sp³-hybridized carbons (Fsp3) is 0.611. The number of ether oxygens (including phenoxy) is 3. The molecule has 47 heavy (non-hydrogen) atoms. The lowest BCUT2D eigenvalue weighted by Gasteiger charge is -2.38. The van der Waals surface area contributed by atoms with E-state index in [0.717, 1.165) is 41.4 Å². The molecule has 10 nitrogen and oxygen atoms in total. The van der Waals surface area contributed by atoms with Crippen LogP contribution >= 0.6 is 0 Å². The summed E-state index contributed by atoms with van der Waals surface area (Å²) in [6.07, 6.45) is 3.59. The molecule has 2 atom stereocenters. The van der Waals surface area contributed by atoms with E-state index in [4.69, 9.17) is 19.3 Å². The van der Waals surface area contributed by atoms with Crippen molar-refractivity contribution in [3.63, 3.8) is 0 Å². The SMILES string of the molecule is CC(=O)n1cc(-c2ccc3c(c2)c(C#C[Si](C(C)C)(C(C)C)C(C)C)nn3C2CCCCO2)c(OC(C)CNC(=O)OC(C)(C)C)n1. The molecule has 11 heteroatoms. The predicted octanol–water partition coefficient (Wildman–Crippen LogP) is 8.12. The van der Waals surface area contributed by atoms with Gasteiger partial charge in [0.15, 0.2) is 6.23 Å². The van der Waals surface area contributed by atoms with Gasteiger partial charge in [0.2, 0.25) is 11.8 Å². The Balaban J connectivity index is 1.78. The van der Waals surface area contributed by atoms with Crippen LogP contribution in [0.4, 0.5) is 4.79 Å². The van der Waals surface area contributed by atoms with Gasteiger partial charge in [-0.15, -0.1) is 10.6 Å². The van der Waals surface area contributed by atoms with Gasteiger partial charge in [0.05, 0.1) is 17.6 Å². The van der Waals surface area contributed by atoms with E-state index in [1.54, 1.807) is 6.20 Å². The highest BCUT2D eigenvalue weighted by molar-refractivity contribution is 6.90. The van der Waals surface area contributed by atoms with Crippen LogP contribution < -0.4 is 10.1 Å². The molecule has 0 radical (unpaired) electrons. The zero-order chi connectivity index (χ0) is 34.7. The number of hydrogen-bond acceptors (Lipinski definition) is 7. The number of nitrogens with zero attached hydrogens (tertiary/aromatic N) is 4. The second kappa shape index (κ2) is 14.6. The smallest absolute Gasteiger partial charge is 0.407 e. The van der Waals surface area contributed by atoms with Crippen LogP contribution in [0.1, 0.15) is 112 Å². The molecular formula is C36H53N5O5Si. The Morgan fingerprint density at radius 1 is 1.06 bits per heavy atom. The second-order valence-electron chi connectivity index (χ2n) is 14.6. The van der Waals surface area contributed by atoms with Crippen molar-refractivity contribution in [3.8, 4) is 28.5 Å². The fourth-order valence-corrected chi connectivity index (χ4v) is 11.9. The number of alkyl carbamates (subject to hydrolysis) is 1. The van der Waals surface area contributed by atoms with Crippen molar-refractivity contribution in [2.45, 2.75) is 130 Å². The molecule has 1 aromatic carbocycles. The molecule has 0 bridgehead atoms. The average molecular weight is 664 g/mol. The number of amides is 1. The number of nitrogens with one attached hydrogen (secondary N) is 1. The number of fused-ring (bicyclic) bond motifs is 1. The minimum absolute atomic E-state index is 0.146. The summed E-state index contributed by atoms with van der Waals surface area (Å²) >= 11 is 0. The Labute approximate surface area is 280 Å². The molecule has 4 rings (SSSR count). The third-order valence-electron chi connectivity index (χ3n) is 8.96. The van der Waals surface area contributed by atoms with E-state index < -0.39 is 25.9 Å². The van der Waals surface area contributed by atoms with E-state index in [1.165, 1.54) is 11.6 Å². The largest absolute Gasteiger partial charge is 0.471 e. The number of carbonyl (C=O) groups is 2. The highest BCUT2D eigenvalue weighted by Crippen LogP contribution is 2.41. The molecule has 1 aliphatic heterocycles. The Kier molecular flexibility index (Phi) is 11.3. The van der Waals surface area contributed by atoms with Crippen molar-refractivity contribution in [2.24, 2.45) is 0 Å². The van der Waals surface area contributed by atoms with Crippen LogP contribution in [0.5, 0.6) is 5.88 Å². The number of aromatic nitrogens is 4. The van der Waals surface area contributed by atoms with Gasteiger partial charge in [0.25, 0.3) is 0 Å². The standard InChI is InChI=1S/C36H53N5O5Si/c1-23(2)47(24(3)4,25(5)6)19-17-31-29-20-28(15-16-32(29)41(38-31)33-14-12-13-18-44-33)30-22-40(27(8)42)39-34(30)45-26(7)21-37-35(43)46-36(9,10)11/h15-16,20,22-26,33H,12-14,18,21H2,1-11H3,(H,37,43). The van der Waals surface area contributed by atoms with Crippen molar-refractivity contribution in [2.75, 3.05) is 13.2 Å². The van der Waals surface area contributed by atoms with Crippen molar-refractivity contribution in [1.29, 1.82) is 0 Å². The van der Waals surface area contributed by atoms with Gasteiger partial charge in [-0.3, -0.25) is 4.79 Å². The van der Waals surface area contributed by atoms with Crippen molar-refractivity contribution >= 4 is 31.0 Å². The highest BCUT2D eigenvalue weighted by atomic mass is 28.3. The molecule has 1 aliphatic rings. The van der Waals surface area contributed by atoms with E-state index in [9.17, 15) is 9.59 Å². The molecule has 1 N–H and O–H groups in total. The molecular weight excluding hydrogens is 611 g/mol. The highest BCUT2D eigenvalue weighted by Gasteiger charge is 2.42. The van der Waals surface area contributed by atoms with Crippen molar-refractivity contribution < 1.29 is 23.8 Å². The third-order valence-corrected chi connectivity index (χ3v) is 15.2. The third kappa shape index (κ3) is 8.27. The summed E-state index contributed by atoms with van der Waals surface area (Å²) in [5.41, 5.74) is 7.87. The van der Waals surface area contributed by atoms with Gasteiger partial charge in [-0.05, 0) is 81.3 Å². The number of benzene rings is 1. The average Bonchev–Trinajstić information content (AvgIpc) is 3.57. The summed E-state index contributed by atoms with van der Waals surface area (Å²) in [7, 11) is -2.02. The Hall–Kier alpha value is -3.62. The second-order valence-corrected chi connectivity index (χ2v) is 20.2. The summed E-state index contributed by atoms with van der Waals surface area (Å²) < 4.78 is 21.0. The molecule has 3 aromatic rings. The van der Waals surface area contributed by atoms with Crippen LogP contribution in [0.3, 0.4) is 0 Å². The van der Waals surface area contributed by atoms with Crippen molar-refractivity contribution in [3.05, 3.63) is 30.1 Å². The lowest BCUT2D eigenvalue weighted by Crippen LogP contribution is -2.43. The first kappa shape index (κ1) is 36.2. The minimum atomic E-state index is -2.02. The first-order chi connectivity index (χ1) is 22.0. The van der Waals surface area contributed by atoms with Crippen LogP contribution in [-0.4, -0.2) is 64.5 Å². The molecule has 0 aliphatic carbocycles. The van der Waals surface area contributed by atoms with Crippen molar-refractivity contribution in [1.82, 2.24) is 24.9 Å². The number of hydrogen-bond donors (Lipinski definition) is 1.